The lowest BCUT2D eigenvalue weighted by molar-refractivity contribution is 0.102. The zero-order chi connectivity index (χ0) is 20.1. The van der Waals surface area contributed by atoms with E-state index >= 15 is 0 Å². The maximum absolute atomic E-state index is 12.6. The van der Waals surface area contributed by atoms with E-state index in [4.69, 9.17) is 4.74 Å². The molecule has 2 aromatic carbocycles. The van der Waals surface area contributed by atoms with Gasteiger partial charge < -0.3 is 4.74 Å². The number of thioether (sulfide) groups is 1. The minimum Gasteiger partial charge on any atom is -0.497 e. The molecule has 1 heterocycles. The topological polar surface area (TPSA) is 57.0 Å². The van der Waals surface area contributed by atoms with Gasteiger partial charge in [0.25, 0.3) is 0 Å². The quantitative estimate of drug-likeness (QED) is 0.386. The molecule has 3 aromatic rings. The molecule has 0 spiro atoms. The molecule has 0 atom stereocenters. The van der Waals surface area contributed by atoms with Gasteiger partial charge in [-0.05, 0) is 37.1 Å². The number of hydrogen-bond donors (Lipinski definition) is 0. The molecule has 0 unspecified atom stereocenters. The fourth-order valence-electron chi connectivity index (χ4n) is 3.82. The SMILES string of the molecule is COc1ccc(-c2nnc(SCC(=O)c3ccccc3)n2C2CCCCC2)cc1. The smallest absolute Gasteiger partial charge is 0.192 e. The van der Waals surface area contributed by atoms with Crippen molar-refractivity contribution < 1.29 is 9.53 Å². The predicted octanol–water partition coefficient (Wildman–Crippen LogP) is 5.43. The highest BCUT2D eigenvalue weighted by atomic mass is 32.2. The molecule has 0 saturated heterocycles. The molecular formula is C23H25N3O2S. The third-order valence-corrected chi connectivity index (χ3v) is 6.32. The van der Waals surface area contributed by atoms with E-state index in [1.54, 1.807) is 7.11 Å². The summed E-state index contributed by atoms with van der Waals surface area (Å²) in [6.07, 6.45) is 5.98. The van der Waals surface area contributed by atoms with E-state index in [2.05, 4.69) is 14.8 Å². The Morgan fingerprint density at radius 3 is 2.45 bits per heavy atom. The fourth-order valence-corrected chi connectivity index (χ4v) is 4.72. The second kappa shape index (κ2) is 9.27. The number of carbonyl (C=O) groups excluding carboxylic acids is 1. The summed E-state index contributed by atoms with van der Waals surface area (Å²) >= 11 is 1.48. The minimum absolute atomic E-state index is 0.111. The maximum Gasteiger partial charge on any atom is 0.192 e. The Bertz CT molecular complexity index is 948. The Labute approximate surface area is 175 Å². The van der Waals surface area contributed by atoms with Gasteiger partial charge in [-0.15, -0.1) is 10.2 Å². The number of nitrogens with zero attached hydrogens (tertiary/aromatic N) is 3. The number of aromatic nitrogens is 3. The van der Waals surface area contributed by atoms with Crippen LogP contribution in [0, 0.1) is 0 Å². The standard InChI is InChI=1S/C23H25N3O2S/c1-28-20-14-12-18(13-15-20)22-24-25-23(26(22)19-10-6-3-7-11-19)29-16-21(27)17-8-4-2-5-9-17/h2,4-5,8-9,12-15,19H,3,6-7,10-11,16H2,1H3. The van der Waals surface area contributed by atoms with Crippen molar-refractivity contribution in [1.29, 1.82) is 0 Å². The Morgan fingerprint density at radius 2 is 1.76 bits per heavy atom. The van der Waals surface area contributed by atoms with Crippen LogP contribution in [0.3, 0.4) is 0 Å². The molecule has 4 rings (SSSR count). The molecule has 6 heteroatoms. The fraction of sp³-hybridized carbons (Fsp3) is 0.348. The highest BCUT2D eigenvalue weighted by Crippen LogP contribution is 2.36. The summed E-state index contributed by atoms with van der Waals surface area (Å²) in [5, 5.41) is 9.80. The molecule has 150 valence electrons. The monoisotopic (exact) mass is 407 g/mol. The van der Waals surface area contributed by atoms with Crippen LogP contribution < -0.4 is 4.74 Å². The Balaban J connectivity index is 1.60. The van der Waals surface area contributed by atoms with E-state index < -0.39 is 0 Å². The first-order valence-electron chi connectivity index (χ1n) is 10.1. The molecule has 0 bridgehead atoms. The molecule has 1 fully saturated rings. The molecule has 1 aliphatic rings. The number of rotatable bonds is 7. The summed E-state index contributed by atoms with van der Waals surface area (Å²) < 4.78 is 7.53. The van der Waals surface area contributed by atoms with E-state index in [1.165, 1.54) is 31.0 Å². The number of methoxy groups -OCH3 is 1. The number of carbonyl (C=O) groups is 1. The van der Waals surface area contributed by atoms with Crippen molar-refractivity contribution >= 4 is 17.5 Å². The second-order valence-corrected chi connectivity index (χ2v) is 8.22. The van der Waals surface area contributed by atoms with Gasteiger partial charge in [-0.2, -0.15) is 0 Å². The van der Waals surface area contributed by atoms with Crippen LogP contribution in [0.5, 0.6) is 5.75 Å². The van der Waals surface area contributed by atoms with Crippen molar-refractivity contribution in [2.45, 2.75) is 43.3 Å². The Hall–Kier alpha value is -2.60. The van der Waals surface area contributed by atoms with Gasteiger partial charge in [0.15, 0.2) is 16.8 Å². The average molecular weight is 408 g/mol. The van der Waals surface area contributed by atoms with E-state index in [0.717, 1.165) is 40.7 Å². The Morgan fingerprint density at radius 1 is 1.03 bits per heavy atom. The van der Waals surface area contributed by atoms with Crippen LogP contribution in [0.1, 0.15) is 48.5 Å². The molecule has 0 N–H and O–H groups in total. The zero-order valence-electron chi connectivity index (χ0n) is 16.6. The number of hydrogen-bond acceptors (Lipinski definition) is 5. The van der Waals surface area contributed by atoms with Crippen molar-refractivity contribution in [2.75, 3.05) is 12.9 Å². The van der Waals surface area contributed by atoms with Gasteiger partial charge in [-0.3, -0.25) is 9.36 Å². The van der Waals surface area contributed by atoms with Crippen molar-refractivity contribution in [1.82, 2.24) is 14.8 Å². The first kappa shape index (κ1) is 19.7. The lowest BCUT2D eigenvalue weighted by Gasteiger charge is -2.25. The summed E-state index contributed by atoms with van der Waals surface area (Å²) in [5.41, 5.74) is 1.75. The Kier molecular flexibility index (Phi) is 6.30. The molecule has 0 radical (unpaired) electrons. The summed E-state index contributed by atoms with van der Waals surface area (Å²) in [4.78, 5) is 12.6. The van der Waals surface area contributed by atoms with Crippen LogP contribution >= 0.6 is 11.8 Å². The maximum atomic E-state index is 12.6. The number of Topliss-reactive ketones (excluding diaryl/α,β-unsaturated/α-hetero) is 1. The van der Waals surface area contributed by atoms with E-state index in [1.807, 2.05) is 54.6 Å². The minimum atomic E-state index is 0.111. The van der Waals surface area contributed by atoms with Gasteiger partial charge in [0.2, 0.25) is 0 Å². The third-order valence-electron chi connectivity index (χ3n) is 5.38. The summed E-state index contributed by atoms with van der Waals surface area (Å²) in [5.74, 6) is 2.16. The van der Waals surface area contributed by atoms with Gasteiger partial charge >= 0.3 is 0 Å². The van der Waals surface area contributed by atoms with E-state index in [0.29, 0.717) is 11.8 Å². The van der Waals surface area contributed by atoms with Crippen molar-refractivity contribution in [3.63, 3.8) is 0 Å². The largest absolute Gasteiger partial charge is 0.497 e. The van der Waals surface area contributed by atoms with Gasteiger partial charge in [0, 0.05) is 17.2 Å². The van der Waals surface area contributed by atoms with Crippen LogP contribution in [-0.4, -0.2) is 33.4 Å². The zero-order valence-corrected chi connectivity index (χ0v) is 17.4. The van der Waals surface area contributed by atoms with Gasteiger partial charge in [-0.25, -0.2) is 0 Å². The predicted molar refractivity (Wildman–Crippen MR) is 116 cm³/mol. The molecular weight excluding hydrogens is 382 g/mol. The van der Waals surface area contributed by atoms with Crippen molar-refractivity contribution in [3.05, 3.63) is 60.2 Å². The van der Waals surface area contributed by atoms with E-state index in [-0.39, 0.29) is 5.78 Å². The summed E-state index contributed by atoms with van der Waals surface area (Å²) in [6, 6.07) is 17.7. The first-order chi connectivity index (χ1) is 14.3. The number of ketones is 1. The highest BCUT2D eigenvalue weighted by molar-refractivity contribution is 7.99. The lowest BCUT2D eigenvalue weighted by Crippen LogP contribution is -2.15. The number of benzene rings is 2. The molecule has 0 amide bonds. The normalized spacial score (nSPS) is 14.7. The molecule has 1 aliphatic carbocycles. The molecule has 1 saturated carbocycles. The van der Waals surface area contributed by atoms with Gasteiger partial charge in [0.1, 0.15) is 5.75 Å². The molecule has 29 heavy (non-hydrogen) atoms. The van der Waals surface area contributed by atoms with Crippen LogP contribution in [0.25, 0.3) is 11.4 Å². The van der Waals surface area contributed by atoms with Crippen LogP contribution in [0.4, 0.5) is 0 Å². The van der Waals surface area contributed by atoms with Crippen LogP contribution in [-0.2, 0) is 0 Å². The van der Waals surface area contributed by atoms with Crippen LogP contribution in [0.15, 0.2) is 59.8 Å². The van der Waals surface area contributed by atoms with Crippen LogP contribution in [0.2, 0.25) is 0 Å². The molecule has 5 nitrogen and oxygen atoms in total. The second-order valence-electron chi connectivity index (χ2n) is 7.27. The molecule has 1 aromatic heterocycles. The first-order valence-corrected chi connectivity index (χ1v) is 11.0. The summed E-state index contributed by atoms with van der Waals surface area (Å²) in [6.45, 7) is 0. The lowest BCUT2D eigenvalue weighted by atomic mass is 9.95. The highest BCUT2D eigenvalue weighted by Gasteiger charge is 2.24. The average Bonchev–Trinajstić information content (AvgIpc) is 3.22. The third kappa shape index (κ3) is 4.53. The van der Waals surface area contributed by atoms with E-state index in [9.17, 15) is 4.79 Å². The van der Waals surface area contributed by atoms with Crippen molar-refractivity contribution in [2.24, 2.45) is 0 Å². The van der Waals surface area contributed by atoms with Gasteiger partial charge in [-0.1, -0.05) is 61.4 Å². The van der Waals surface area contributed by atoms with Crippen molar-refractivity contribution in [3.8, 4) is 17.1 Å². The number of ether oxygens (including phenoxy) is 1. The van der Waals surface area contributed by atoms with Gasteiger partial charge in [0.05, 0.1) is 12.9 Å². The summed E-state index contributed by atoms with van der Waals surface area (Å²) in [7, 11) is 1.66. The molecule has 0 aliphatic heterocycles.